The van der Waals surface area contributed by atoms with Gasteiger partial charge in [-0.25, -0.2) is 0 Å². The van der Waals surface area contributed by atoms with Gasteiger partial charge in [0.1, 0.15) is 19.8 Å². The summed E-state index contributed by atoms with van der Waals surface area (Å²) in [5.41, 5.74) is 0. The van der Waals surface area contributed by atoms with Crippen molar-refractivity contribution in [2.24, 2.45) is 0 Å². The highest BCUT2D eigenvalue weighted by atomic mass is 31.2. The summed E-state index contributed by atoms with van der Waals surface area (Å²) in [6.45, 7) is 3.90. The number of carbonyl (C=O) groups excluding carboxylic acids is 2. The molecule has 0 aromatic heterocycles. The highest BCUT2D eigenvalue weighted by Crippen LogP contribution is 2.38. The molecule has 2 atom stereocenters. The van der Waals surface area contributed by atoms with Crippen molar-refractivity contribution in [1.29, 1.82) is 0 Å². The number of likely N-dealkylation sites (N-methyl/N-ethyl adjacent to an activating group) is 1. The Morgan fingerprint density at radius 1 is 0.431 bits per heavy atom. The van der Waals surface area contributed by atoms with Gasteiger partial charge < -0.3 is 27.9 Å². The van der Waals surface area contributed by atoms with Crippen molar-refractivity contribution < 1.29 is 42.1 Å². The molecule has 0 fully saturated rings. The van der Waals surface area contributed by atoms with Crippen LogP contribution in [0, 0.1) is 0 Å². The van der Waals surface area contributed by atoms with Crippen LogP contribution >= 0.6 is 7.82 Å². The van der Waals surface area contributed by atoms with Gasteiger partial charge in [-0.2, -0.15) is 0 Å². The van der Waals surface area contributed by atoms with Gasteiger partial charge in [-0.05, 0) is 122 Å². The normalized spacial score (nSPS) is 14.6. The second-order valence-electron chi connectivity index (χ2n) is 18.5. The average molecular weight is 1020 g/mol. The lowest BCUT2D eigenvalue weighted by molar-refractivity contribution is -0.870. The fourth-order valence-electron chi connectivity index (χ4n) is 6.40. The van der Waals surface area contributed by atoms with Crippen LogP contribution in [0.4, 0.5) is 0 Å². The number of nitrogens with zero attached hydrogens (tertiary/aromatic N) is 1. The van der Waals surface area contributed by atoms with Crippen LogP contribution in [0.5, 0.6) is 0 Å². The Bertz CT molecular complexity index is 1770. The molecule has 0 N–H and O–H groups in total. The number of quaternary nitrogens is 1. The summed E-state index contributed by atoms with van der Waals surface area (Å²) in [5.74, 6) is -0.922. The Kier molecular flexibility index (Phi) is 48.4. The molecule has 0 amide bonds. The third kappa shape index (κ3) is 55.0. The number of phosphoric ester groups is 1. The Morgan fingerprint density at radius 3 is 1.14 bits per heavy atom. The quantitative estimate of drug-likeness (QED) is 0.0195. The minimum Gasteiger partial charge on any atom is -0.756 e. The zero-order chi connectivity index (χ0) is 52.7. The van der Waals surface area contributed by atoms with Crippen LogP contribution in [0.1, 0.15) is 168 Å². The van der Waals surface area contributed by atoms with Crippen molar-refractivity contribution in [1.82, 2.24) is 0 Å². The van der Waals surface area contributed by atoms with E-state index in [1.807, 2.05) is 21.1 Å². The third-order valence-corrected chi connectivity index (χ3v) is 11.5. The van der Waals surface area contributed by atoms with Crippen LogP contribution in [0.2, 0.25) is 0 Å². The van der Waals surface area contributed by atoms with E-state index in [2.05, 4.69) is 172 Å². The van der Waals surface area contributed by atoms with E-state index in [9.17, 15) is 19.0 Å². The van der Waals surface area contributed by atoms with E-state index in [1.54, 1.807) is 0 Å². The summed E-state index contributed by atoms with van der Waals surface area (Å²) in [6.07, 6.45) is 77.2. The molecule has 72 heavy (non-hydrogen) atoms. The second kappa shape index (κ2) is 51.5. The molecule has 0 aliphatic heterocycles. The van der Waals surface area contributed by atoms with E-state index >= 15 is 0 Å². The van der Waals surface area contributed by atoms with Crippen molar-refractivity contribution in [2.45, 2.75) is 174 Å². The van der Waals surface area contributed by atoms with Crippen molar-refractivity contribution >= 4 is 19.8 Å². The number of rotatable bonds is 47. The molecule has 0 radical (unpaired) electrons. The molecule has 2 unspecified atom stereocenters. The van der Waals surface area contributed by atoms with Gasteiger partial charge in [-0.1, -0.05) is 191 Å². The van der Waals surface area contributed by atoms with E-state index in [0.717, 1.165) is 128 Å². The predicted octanol–water partition coefficient (Wildman–Crippen LogP) is 16.3. The number of carbonyl (C=O) groups is 2. The number of hydrogen-bond donors (Lipinski definition) is 0. The zero-order valence-electron chi connectivity index (χ0n) is 45.5. The highest BCUT2D eigenvalue weighted by molar-refractivity contribution is 7.45. The van der Waals surface area contributed by atoms with Crippen molar-refractivity contribution in [2.75, 3.05) is 47.5 Å². The summed E-state index contributed by atoms with van der Waals surface area (Å²) < 4.78 is 34.0. The maximum Gasteiger partial charge on any atom is 0.306 e. The molecule has 0 aliphatic rings. The summed E-state index contributed by atoms with van der Waals surface area (Å²) in [4.78, 5) is 37.7. The number of unbranched alkanes of at least 4 members (excludes halogenated alkanes) is 7. The molecule has 0 rings (SSSR count). The molecule has 0 aromatic rings. The van der Waals surface area contributed by atoms with Crippen LogP contribution in [0.25, 0.3) is 0 Å². The smallest absolute Gasteiger partial charge is 0.306 e. The number of allylic oxidation sites excluding steroid dienone is 26. The number of phosphoric acid groups is 1. The lowest BCUT2D eigenvalue weighted by Crippen LogP contribution is -2.37. The molecule has 0 spiro atoms. The highest BCUT2D eigenvalue weighted by Gasteiger charge is 2.21. The van der Waals surface area contributed by atoms with Crippen molar-refractivity contribution in [3.8, 4) is 0 Å². The summed E-state index contributed by atoms with van der Waals surface area (Å²) in [5, 5.41) is 0. The van der Waals surface area contributed by atoms with Crippen LogP contribution in [-0.4, -0.2) is 70.0 Å². The molecule has 10 heteroatoms. The maximum absolute atomic E-state index is 12.8. The SMILES string of the molecule is CC/C=C\C/C=C\C/C=C\C/C=C\C/C=C\C/C=C\C/C=C\C/C=C\C/C=C\C/C=C\CCCCC(=O)OC(COC(=O)CCCCCCC/C=C\C/C=C\C/C=C\CC)COP(=O)([O-])OCC[N+](C)(C)C. The van der Waals surface area contributed by atoms with Crippen LogP contribution in [0.15, 0.2) is 158 Å². The first kappa shape index (κ1) is 67.6. The van der Waals surface area contributed by atoms with Crippen molar-refractivity contribution in [3.05, 3.63) is 158 Å². The minimum absolute atomic E-state index is 0.0523. The van der Waals surface area contributed by atoms with Gasteiger partial charge in [-0.3, -0.25) is 14.2 Å². The Morgan fingerprint density at radius 2 is 0.750 bits per heavy atom. The first-order chi connectivity index (χ1) is 35.0. The molecule has 0 aliphatic carbocycles. The molecular formula is C62H98NO8P. The molecule has 0 bridgehead atoms. The Hall–Kier alpha value is -4.37. The summed E-state index contributed by atoms with van der Waals surface area (Å²) >= 11 is 0. The Balaban J connectivity index is 4.34. The zero-order valence-corrected chi connectivity index (χ0v) is 46.4. The Labute approximate surface area is 439 Å². The predicted molar refractivity (Wildman–Crippen MR) is 304 cm³/mol. The number of esters is 2. The largest absolute Gasteiger partial charge is 0.756 e. The molecule has 0 saturated heterocycles. The van der Waals surface area contributed by atoms with Gasteiger partial charge in [0.15, 0.2) is 6.10 Å². The molecular weight excluding hydrogens is 918 g/mol. The van der Waals surface area contributed by atoms with Crippen LogP contribution in [0.3, 0.4) is 0 Å². The summed E-state index contributed by atoms with van der Waals surface area (Å²) in [7, 11) is 1.10. The fourth-order valence-corrected chi connectivity index (χ4v) is 7.13. The minimum atomic E-state index is -4.66. The molecule has 9 nitrogen and oxygen atoms in total. The van der Waals surface area contributed by atoms with Gasteiger partial charge in [-0.15, -0.1) is 0 Å². The number of hydrogen-bond acceptors (Lipinski definition) is 8. The van der Waals surface area contributed by atoms with E-state index in [-0.39, 0.29) is 26.1 Å². The first-order valence-corrected chi connectivity index (χ1v) is 28.7. The van der Waals surface area contributed by atoms with Crippen LogP contribution in [-0.2, 0) is 32.7 Å². The maximum atomic E-state index is 12.8. The summed E-state index contributed by atoms with van der Waals surface area (Å²) in [6, 6.07) is 0. The van der Waals surface area contributed by atoms with Gasteiger partial charge in [0.25, 0.3) is 7.82 Å². The standard InChI is InChI=1S/C62H98NO8P/c1-6-8-10-12-14-16-18-20-22-23-24-25-26-27-28-29-30-31-32-33-34-35-36-37-38-39-41-43-45-47-49-51-53-55-62(65)71-60(59-70-72(66,67)69-57-56-63(3,4)5)58-68-61(64)54-52-50-48-46-44-42-40-21-19-17-15-13-11-9-7-2/h8-11,14-17,20-22,24-25,27-28,30-31,33-34,36-37,39-41,45,47,60H,6-7,12-13,18-19,23,26,29,32,35,38,42-44,46,48-59H2,1-5H3/b10-8-,11-9-,16-14-,17-15-,22-20-,25-24-,28-27-,31-30-,34-33-,37-36-,40-21-,41-39-,47-45-. The lowest BCUT2D eigenvalue weighted by Gasteiger charge is -2.28. The lowest BCUT2D eigenvalue weighted by atomic mass is 10.1. The van der Waals surface area contributed by atoms with Crippen molar-refractivity contribution in [3.63, 3.8) is 0 Å². The molecule has 404 valence electrons. The van der Waals surface area contributed by atoms with Gasteiger partial charge >= 0.3 is 11.9 Å². The van der Waals surface area contributed by atoms with E-state index in [1.165, 1.54) is 0 Å². The monoisotopic (exact) mass is 1020 g/mol. The topological polar surface area (TPSA) is 111 Å². The van der Waals surface area contributed by atoms with E-state index in [0.29, 0.717) is 23.9 Å². The van der Waals surface area contributed by atoms with Gasteiger partial charge in [0, 0.05) is 12.8 Å². The van der Waals surface area contributed by atoms with Gasteiger partial charge in [0.2, 0.25) is 0 Å². The third-order valence-electron chi connectivity index (χ3n) is 10.5. The molecule has 0 aromatic carbocycles. The van der Waals surface area contributed by atoms with E-state index in [4.69, 9.17) is 18.5 Å². The second-order valence-corrected chi connectivity index (χ2v) is 19.9. The fraction of sp³-hybridized carbons (Fsp3) is 0.548. The molecule has 0 heterocycles. The molecule has 0 saturated carbocycles. The van der Waals surface area contributed by atoms with E-state index < -0.39 is 32.5 Å². The number of ether oxygens (including phenoxy) is 2. The van der Waals surface area contributed by atoms with Gasteiger partial charge in [0.05, 0.1) is 27.7 Å². The average Bonchev–Trinajstić information content (AvgIpc) is 3.34. The first-order valence-electron chi connectivity index (χ1n) is 27.2. The van der Waals surface area contributed by atoms with Crippen LogP contribution < -0.4 is 4.89 Å².